The molecule has 0 aromatic heterocycles. The SMILES string of the molecule is COC1CCN(C(=O)C(C)C(N)=S)CC1. The predicted molar refractivity (Wildman–Crippen MR) is 62.6 cm³/mol. The van der Waals surface area contributed by atoms with Gasteiger partial charge in [0, 0.05) is 20.2 Å². The highest BCUT2D eigenvalue weighted by atomic mass is 32.1. The molecule has 1 unspecified atom stereocenters. The molecular formula is C10H18N2O2S. The molecule has 5 heteroatoms. The monoisotopic (exact) mass is 230 g/mol. The van der Waals surface area contributed by atoms with Crippen molar-refractivity contribution in [2.45, 2.75) is 25.9 Å². The van der Waals surface area contributed by atoms with E-state index in [2.05, 4.69) is 0 Å². The molecule has 0 aromatic carbocycles. The zero-order valence-corrected chi connectivity index (χ0v) is 10.0. The number of methoxy groups -OCH3 is 1. The molecule has 1 rings (SSSR count). The molecule has 15 heavy (non-hydrogen) atoms. The average molecular weight is 230 g/mol. The summed E-state index contributed by atoms with van der Waals surface area (Å²) in [5.41, 5.74) is 5.46. The molecule has 0 aromatic rings. The molecule has 1 heterocycles. The van der Waals surface area contributed by atoms with Crippen LogP contribution in [0.5, 0.6) is 0 Å². The van der Waals surface area contributed by atoms with Crippen LogP contribution < -0.4 is 5.73 Å². The molecule has 0 spiro atoms. The van der Waals surface area contributed by atoms with Crippen LogP contribution in [0.2, 0.25) is 0 Å². The Hall–Kier alpha value is -0.680. The lowest BCUT2D eigenvalue weighted by atomic mass is 10.0. The van der Waals surface area contributed by atoms with Crippen molar-refractivity contribution in [2.24, 2.45) is 11.7 Å². The van der Waals surface area contributed by atoms with Crippen molar-refractivity contribution in [3.63, 3.8) is 0 Å². The van der Waals surface area contributed by atoms with E-state index in [9.17, 15) is 4.79 Å². The number of ether oxygens (including phenoxy) is 1. The maximum Gasteiger partial charge on any atom is 0.232 e. The van der Waals surface area contributed by atoms with Crippen molar-refractivity contribution in [1.82, 2.24) is 4.90 Å². The quantitative estimate of drug-likeness (QED) is 0.719. The molecule has 0 radical (unpaired) electrons. The predicted octanol–water partition coefficient (Wildman–Crippen LogP) is 0.546. The number of rotatable bonds is 3. The summed E-state index contributed by atoms with van der Waals surface area (Å²) < 4.78 is 5.24. The number of thiocarbonyl (C=S) groups is 1. The van der Waals surface area contributed by atoms with Crippen molar-refractivity contribution in [2.75, 3.05) is 20.2 Å². The van der Waals surface area contributed by atoms with Gasteiger partial charge in [0.2, 0.25) is 5.91 Å². The maximum absolute atomic E-state index is 11.9. The van der Waals surface area contributed by atoms with Crippen LogP contribution in [0.3, 0.4) is 0 Å². The Labute approximate surface area is 95.8 Å². The van der Waals surface area contributed by atoms with E-state index in [1.807, 2.05) is 4.90 Å². The van der Waals surface area contributed by atoms with Gasteiger partial charge in [0.15, 0.2) is 0 Å². The Morgan fingerprint density at radius 2 is 2.07 bits per heavy atom. The third-order valence-corrected chi connectivity index (χ3v) is 3.24. The van der Waals surface area contributed by atoms with Crippen LogP contribution in [0, 0.1) is 5.92 Å². The van der Waals surface area contributed by atoms with Crippen molar-refractivity contribution in [1.29, 1.82) is 0 Å². The van der Waals surface area contributed by atoms with Gasteiger partial charge in [-0.15, -0.1) is 0 Å². The lowest BCUT2D eigenvalue weighted by Crippen LogP contribution is -2.45. The molecule has 86 valence electrons. The highest BCUT2D eigenvalue weighted by Gasteiger charge is 2.26. The number of hydrogen-bond acceptors (Lipinski definition) is 3. The standard InChI is InChI=1S/C10H18N2O2S/c1-7(9(11)15)10(13)12-5-3-8(14-2)4-6-12/h7-8H,3-6H2,1-2H3,(H2,11,15). The van der Waals surface area contributed by atoms with E-state index in [0.29, 0.717) is 0 Å². The van der Waals surface area contributed by atoms with E-state index in [1.165, 1.54) is 0 Å². The Bertz CT molecular complexity index is 250. The van der Waals surface area contributed by atoms with Gasteiger partial charge in [0.25, 0.3) is 0 Å². The van der Waals surface area contributed by atoms with E-state index in [-0.39, 0.29) is 22.9 Å². The molecule has 0 aliphatic carbocycles. The lowest BCUT2D eigenvalue weighted by molar-refractivity contribution is -0.135. The zero-order valence-electron chi connectivity index (χ0n) is 9.23. The Balaban J connectivity index is 2.46. The summed E-state index contributed by atoms with van der Waals surface area (Å²) >= 11 is 4.82. The fraction of sp³-hybridized carbons (Fsp3) is 0.800. The Morgan fingerprint density at radius 3 is 2.47 bits per heavy atom. The Kier molecular flexibility index (Phi) is 4.47. The van der Waals surface area contributed by atoms with E-state index < -0.39 is 0 Å². The highest BCUT2D eigenvalue weighted by molar-refractivity contribution is 7.80. The first kappa shape index (κ1) is 12.4. The molecule has 1 saturated heterocycles. The van der Waals surface area contributed by atoms with E-state index in [4.69, 9.17) is 22.7 Å². The summed E-state index contributed by atoms with van der Waals surface area (Å²) in [5.74, 6) is -0.309. The largest absolute Gasteiger partial charge is 0.393 e. The first-order chi connectivity index (χ1) is 7.06. The minimum Gasteiger partial charge on any atom is -0.393 e. The lowest BCUT2D eigenvalue weighted by Gasteiger charge is -2.32. The third-order valence-electron chi connectivity index (χ3n) is 2.88. The molecular weight excluding hydrogens is 212 g/mol. The van der Waals surface area contributed by atoms with Gasteiger partial charge in [-0.1, -0.05) is 12.2 Å². The summed E-state index contributed by atoms with van der Waals surface area (Å²) in [5, 5.41) is 0. The summed E-state index contributed by atoms with van der Waals surface area (Å²) in [4.78, 5) is 13.9. The second kappa shape index (κ2) is 5.42. The van der Waals surface area contributed by atoms with Crippen LogP contribution in [0.15, 0.2) is 0 Å². The number of hydrogen-bond donors (Lipinski definition) is 1. The number of carbonyl (C=O) groups excluding carboxylic acids is 1. The molecule has 2 N–H and O–H groups in total. The topological polar surface area (TPSA) is 55.6 Å². The van der Waals surface area contributed by atoms with Gasteiger partial charge in [0.05, 0.1) is 17.0 Å². The molecule has 0 saturated carbocycles. The van der Waals surface area contributed by atoms with Crippen LogP contribution in [0.1, 0.15) is 19.8 Å². The molecule has 0 bridgehead atoms. The van der Waals surface area contributed by atoms with Gasteiger partial charge in [-0.2, -0.15) is 0 Å². The van der Waals surface area contributed by atoms with Crippen LogP contribution in [0.4, 0.5) is 0 Å². The van der Waals surface area contributed by atoms with Crippen LogP contribution in [-0.2, 0) is 9.53 Å². The minimum absolute atomic E-state index is 0.0389. The zero-order chi connectivity index (χ0) is 11.4. The molecule has 1 aliphatic rings. The fourth-order valence-electron chi connectivity index (χ4n) is 1.71. The molecule has 4 nitrogen and oxygen atoms in total. The second-order valence-corrected chi connectivity index (χ2v) is 4.36. The fourth-order valence-corrected chi connectivity index (χ4v) is 1.81. The number of likely N-dealkylation sites (tertiary alicyclic amines) is 1. The van der Waals surface area contributed by atoms with Crippen molar-refractivity contribution < 1.29 is 9.53 Å². The van der Waals surface area contributed by atoms with Gasteiger partial charge in [0.1, 0.15) is 0 Å². The number of nitrogens with zero attached hydrogens (tertiary/aromatic N) is 1. The Morgan fingerprint density at radius 1 is 1.53 bits per heavy atom. The maximum atomic E-state index is 11.9. The van der Waals surface area contributed by atoms with Crippen LogP contribution in [0.25, 0.3) is 0 Å². The summed E-state index contributed by atoms with van der Waals surface area (Å²) in [6.45, 7) is 3.24. The average Bonchev–Trinajstić information content (AvgIpc) is 2.27. The number of carbonyl (C=O) groups is 1. The molecule has 1 amide bonds. The highest BCUT2D eigenvalue weighted by Crippen LogP contribution is 2.15. The minimum atomic E-state index is -0.348. The van der Waals surface area contributed by atoms with Gasteiger partial charge in [-0.3, -0.25) is 4.79 Å². The van der Waals surface area contributed by atoms with Crippen molar-refractivity contribution in [3.05, 3.63) is 0 Å². The van der Waals surface area contributed by atoms with E-state index in [0.717, 1.165) is 25.9 Å². The van der Waals surface area contributed by atoms with E-state index in [1.54, 1.807) is 14.0 Å². The summed E-state index contributed by atoms with van der Waals surface area (Å²) in [6.07, 6.45) is 2.08. The molecule has 1 atom stereocenters. The smallest absolute Gasteiger partial charge is 0.232 e. The second-order valence-electron chi connectivity index (χ2n) is 3.88. The van der Waals surface area contributed by atoms with Gasteiger partial charge in [-0.25, -0.2) is 0 Å². The van der Waals surface area contributed by atoms with Crippen molar-refractivity contribution >= 4 is 23.1 Å². The van der Waals surface area contributed by atoms with Gasteiger partial charge in [-0.05, 0) is 19.8 Å². The third kappa shape index (κ3) is 3.14. The van der Waals surface area contributed by atoms with Gasteiger partial charge < -0.3 is 15.4 Å². The first-order valence-electron chi connectivity index (χ1n) is 5.17. The number of piperidine rings is 1. The normalized spacial score (nSPS) is 20.0. The van der Waals surface area contributed by atoms with Crippen LogP contribution >= 0.6 is 12.2 Å². The summed E-state index contributed by atoms with van der Waals surface area (Å²) in [6, 6.07) is 0. The van der Waals surface area contributed by atoms with E-state index >= 15 is 0 Å². The first-order valence-corrected chi connectivity index (χ1v) is 5.58. The molecule has 1 fully saturated rings. The van der Waals surface area contributed by atoms with Crippen LogP contribution in [-0.4, -0.2) is 42.1 Å². The number of amides is 1. The van der Waals surface area contributed by atoms with Crippen molar-refractivity contribution in [3.8, 4) is 0 Å². The number of nitrogens with two attached hydrogens (primary N) is 1. The van der Waals surface area contributed by atoms with Gasteiger partial charge >= 0.3 is 0 Å². The summed E-state index contributed by atoms with van der Waals surface area (Å²) in [7, 11) is 1.71. The molecule has 1 aliphatic heterocycles.